The van der Waals surface area contributed by atoms with Crippen molar-refractivity contribution in [3.8, 4) is 0 Å². The van der Waals surface area contributed by atoms with E-state index in [2.05, 4.69) is 15.3 Å². The molecule has 1 aliphatic heterocycles. The number of anilines is 1. The molecule has 0 radical (unpaired) electrons. The predicted molar refractivity (Wildman–Crippen MR) is 160 cm³/mol. The summed E-state index contributed by atoms with van der Waals surface area (Å²) in [7, 11) is 0. The lowest BCUT2D eigenvalue weighted by Crippen LogP contribution is -2.64. The molecule has 0 fully saturated rings. The zero-order valence-electron chi connectivity index (χ0n) is 23.0. The fourth-order valence-corrected chi connectivity index (χ4v) is 4.72. The van der Waals surface area contributed by atoms with Gasteiger partial charge in [0, 0.05) is 23.6 Å². The molecule has 1 unspecified atom stereocenters. The molecule has 0 saturated heterocycles. The third-order valence-corrected chi connectivity index (χ3v) is 6.97. The van der Waals surface area contributed by atoms with Crippen LogP contribution in [0.25, 0.3) is 0 Å². The van der Waals surface area contributed by atoms with Crippen LogP contribution >= 0.6 is 12.2 Å². The van der Waals surface area contributed by atoms with E-state index in [0.29, 0.717) is 28.4 Å². The van der Waals surface area contributed by atoms with Gasteiger partial charge in [-0.15, -0.1) is 0 Å². The molecule has 4 rings (SSSR count). The van der Waals surface area contributed by atoms with Crippen molar-refractivity contribution in [2.24, 2.45) is 16.1 Å². The highest BCUT2D eigenvalue weighted by Gasteiger charge is 2.50. The second kappa shape index (κ2) is 11.6. The van der Waals surface area contributed by atoms with Crippen molar-refractivity contribution >= 4 is 46.1 Å². The average molecular weight is 556 g/mol. The average Bonchev–Trinajstić information content (AvgIpc) is 3.02. The number of nitrogens with two attached hydrogens (primary N) is 1. The Morgan fingerprint density at radius 3 is 2.33 bits per heavy atom. The predicted octanol–water partition coefficient (Wildman–Crippen LogP) is 3.65. The van der Waals surface area contributed by atoms with E-state index in [0.717, 1.165) is 5.56 Å². The van der Waals surface area contributed by atoms with Crippen LogP contribution in [0, 0.1) is 5.41 Å². The molecule has 2 aromatic carbocycles. The van der Waals surface area contributed by atoms with Gasteiger partial charge in [-0.05, 0) is 30.7 Å². The molecular weight excluding hydrogens is 522 g/mol. The van der Waals surface area contributed by atoms with Crippen molar-refractivity contribution in [3.05, 3.63) is 95.8 Å². The molecule has 8 nitrogen and oxygen atoms in total. The lowest BCUT2D eigenvalue weighted by Gasteiger charge is -2.32. The number of thiocarbonyl (C=S) groups is 1. The number of benzodiazepines with no additional fused rings is 1. The van der Waals surface area contributed by atoms with Crippen molar-refractivity contribution in [2.45, 2.75) is 45.8 Å². The maximum Gasteiger partial charge on any atom is 0.278 e. The van der Waals surface area contributed by atoms with E-state index in [1.54, 1.807) is 76.4 Å². The molecule has 1 aliphatic rings. The summed E-state index contributed by atoms with van der Waals surface area (Å²) in [5, 5.41) is 3.03. The van der Waals surface area contributed by atoms with E-state index in [9.17, 15) is 14.4 Å². The second-order valence-electron chi connectivity index (χ2n) is 10.8. The molecule has 0 aliphatic carbocycles. The first-order chi connectivity index (χ1) is 18.9. The number of fused-ring (bicyclic) bond motifs is 1. The summed E-state index contributed by atoms with van der Waals surface area (Å²) in [6.45, 7) is 6.66. The lowest BCUT2D eigenvalue weighted by molar-refractivity contribution is -0.136. The largest absolute Gasteiger partial charge is 0.370 e. The van der Waals surface area contributed by atoms with Crippen molar-refractivity contribution in [1.29, 1.82) is 0 Å². The number of pyridine rings is 1. The number of hydrogen-bond acceptors (Lipinski definition) is 7. The molecule has 40 heavy (non-hydrogen) atoms. The molecule has 3 N–H and O–H groups in total. The van der Waals surface area contributed by atoms with Crippen LogP contribution in [-0.2, 0) is 20.8 Å². The minimum Gasteiger partial charge on any atom is -0.370 e. The van der Waals surface area contributed by atoms with Gasteiger partial charge < -0.3 is 10.2 Å². The standard InChI is InChI=1S/C31H33N5O3S/c1-20(34-26(40)18-21-12-6-5-7-13-21)28(38)31(32)29(39)36(19-25(37)30(2,3)4)24-16-9-8-14-22(24)27(35-31)23-15-10-11-17-33-23/h5-17,20H,18-19,32H2,1-4H3,(H,34,40)/t20-,31?/m0/s1. The number of nitrogens with zero attached hydrogens (tertiary/aromatic N) is 3. The van der Waals surface area contributed by atoms with Crippen LogP contribution in [0.15, 0.2) is 84.0 Å². The number of nitrogens with one attached hydrogen (secondary N) is 1. The summed E-state index contributed by atoms with van der Waals surface area (Å²) in [5.74, 6) is -1.67. The fourth-order valence-electron chi connectivity index (χ4n) is 4.37. The number of aliphatic imine (C=N–C) groups is 1. The highest BCUT2D eigenvalue weighted by Crippen LogP contribution is 2.32. The van der Waals surface area contributed by atoms with E-state index in [1.165, 1.54) is 4.90 Å². The molecule has 9 heteroatoms. The minimum absolute atomic E-state index is 0.193. The van der Waals surface area contributed by atoms with Gasteiger partial charge in [0.2, 0.25) is 11.4 Å². The zero-order chi connectivity index (χ0) is 29.1. The Hall–Kier alpha value is -4.08. The SMILES string of the molecule is C[C@H](NC(=S)Cc1ccccc1)C(=O)C1(N)N=C(c2ccccn2)c2ccccc2N(CC(=O)C(C)(C)C)C1=O. The monoisotopic (exact) mass is 555 g/mol. The van der Waals surface area contributed by atoms with Gasteiger partial charge >= 0.3 is 0 Å². The third kappa shape index (κ3) is 6.05. The summed E-state index contributed by atoms with van der Waals surface area (Å²) in [4.78, 5) is 52.2. The number of amides is 1. The minimum atomic E-state index is -2.35. The third-order valence-electron chi connectivity index (χ3n) is 6.71. The molecule has 1 amide bonds. The second-order valence-corrected chi connectivity index (χ2v) is 11.3. The maximum atomic E-state index is 14.2. The van der Waals surface area contributed by atoms with Crippen LogP contribution in [0.3, 0.4) is 0 Å². The summed E-state index contributed by atoms with van der Waals surface area (Å²) in [5.41, 5.74) is 6.29. The Morgan fingerprint density at radius 1 is 1.02 bits per heavy atom. The number of hydrogen-bond donors (Lipinski definition) is 2. The number of carbonyl (C=O) groups is 3. The van der Waals surface area contributed by atoms with Crippen molar-refractivity contribution in [2.75, 3.05) is 11.4 Å². The number of benzene rings is 2. The van der Waals surface area contributed by atoms with E-state index in [-0.39, 0.29) is 18.0 Å². The van der Waals surface area contributed by atoms with E-state index in [1.807, 2.05) is 30.3 Å². The first-order valence-corrected chi connectivity index (χ1v) is 13.4. The first kappa shape index (κ1) is 28.9. The van der Waals surface area contributed by atoms with E-state index < -0.39 is 28.8 Å². The van der Waals surface area contributed by atoms with Crippen molar-refractivity contribution in [3.63, 3.8) is 0 Å². The summed E-state index contributed by atoms with van der Waals surface area (Å²) in [6, 6.07) is 21.0. The number of carbonyl (C=O) groups excluding carboxylic acids is 3. The van der Waals surface area contributed by atoms with Crippen LogP contribution in [0.2, 0.25) is 0 Å². The van der Waals surface area contributed by atoms with Crippen LogP contribution < -0.4 is 16.0 Å². The highest BCUT2D eigenvalue weighted by atomic mass is 32.1. The molecule has 0 bridgehead atoms. The van der Waals surface area contributed by atoms with E-state index >= 15 is 0 Å². The van der Waals surface area contributed by atoms with Gasteiger partial charge in [0.25, 0.3) is 5.91 Å². The van der Waals surface area contributed by atoms with Gasteiger partial charge in [0.1, 0.15) is 0 Å². The van der Waals surface area contributed by atoms with Crippen LogP contribution in [0.5, 0.6) is 0 Å². The Bertz CT molecular complexity index is 1470. The molecule has 0 saturated carbocycles. The number of Topliss-reactive ketones (excluding diaryl/α,β-unsaturated/α-hetero) is 2. The Morgan fingerprint density at radius 2 is 1.68 bits per heavy atom. The topological polar surface area (TPSA) is 118 Å². The highest BCUT2D eigenvalue weighted by molar-refractivity contribution is 7.80. The Balaban J connectivity index is 1.78. The van der Waals surface area contributed by atoms with Crippen LogP contribution in [0.1, 0.15) is 44.5 Å². The molecule has 2 heterocycles. The lowest BCUT2D eigenvalue weighted by atomic mass is 9.90. The molecule has 206 valence electrons. The maximum absolute atomic E-state index is 14.2. The number of ketones is 2. The first-order valence-electron chi connectivity index (χ1n) is 13.0. The van der Waals surface area contributed by atoms with Gasteiger partial charge in [-0.2, -0.15) is 0 Å². The van der Waals surface area contributed by atoms with E-state index in [4.69, 9.17) is 18.0 Å². The van der Waals surface area contributed by atoms with Crippen LogP contribution in [0.4, 0.5) is 5.69 Å². The summed E-state index contributed by atoms with van der Waals surface area (Å²) >= 11 is 5.51. The van der Waals surface area contributed by atoms with Gasteiger partial charge in [-0.25, -0.2) is 4.99 Å². The zero-order valence-corrected chi connectivity index (χ0v) is 23.9. The van der Waals surface area contributed by atoms with Crippen molar-refractivity contribution in [1.82, 2.24) is 10.3 Å². The molecule has 1 aromatic heterocycles. The van der Waals surface area contributed by atoms with Crippen molar-refractivity contribution < 1.29 is 14.4 Å². The molecule has 3 aromatic rings. The normalized spacial score (nSPS) is 17.8. The van der Waals surface area contributed by atoms with Gasteiger partial charge in [-0.1, -0.05) is 87.6 Å². The fraction of sp³-hybridized carbons (Fsp3) is 0.290. The molecule has 2 atom stereocenters. The van der Waals surface area contributed by atoms with Gasteiger partial charge in [0.05, 0.1) is 34.7 Å². The number of para-hydroxylation sites is 1. The number of aromatic nitrogens is 1. The summed E-state index contributed by atoms with van der Waals surface area (Å²) in [6.07, 6.45) is 2.01. The molecule has 0 spiro atoms. The summed E-state index contributed by atoms with van der Waals surface area (Å²) < 4.78 is 0. The Kier molecular flexibility index (Phi) is 8.37. The quantitative estimate of drug-likeness (QED) is 0.322. The smallest absolute Gasteiger partial charge is 0.278 e. The Labute approximate surface area is 239 Å². The van der Waals surface area contributed by atoms with Gasteiger partial charge in [-0.3, -0.25) is 25.1 Å². The number of rotatable bonds is 8. The van der Waals surface area contributed by atoms with Crippen LogP contribution in [-0.4, -0.2) is 51.4 Å². The molecular formula is C31H33N5O3S. The van der Waals surface area contributed by atoms with Gasteiger partial charge in [0.15, 0.2) is 5.78 Å².